The van der Waals surface area contributed by atoms with Crippen LogP contribution in [0.3, 0.4) is 0 Å². The number of hydrogen-bond donors (Lipinski definition) is 2. The van der Waals surface area contributed by atoms with Crippen molar-refractivity contribution in [2.75, 3.05) is 11.9 Å². The topological polar surface area (TPSA) is 71.1 Å². The number of rotatable bonds is 7. The molecule has 0 atom stereocenters. The number of carbonyl (C=O) groups excluding carboxylic acids is 2. The molecule has 1 heterocycles. The number of aromatic nitrogens is 1. The monoisotopic (exact) mass is 391 g/mol. The van der Waals surface area contributed by atoms with E-state index in [1.54, 1.807) is 24.3 Å². The van der Waals surface area contributed by atoms with Gasteiger partial charge in [-0.25, -0.2) is 9.37 Å². The first-order valence-corrected chi connectivity index (χ1v) is 9.38. The molecule has 2 aromatic carbocycles. The summed E-state index contributed by atoms with van der Waals surface area (Å²) >= 11 is 0. The van der Waals surface area contributed by atoms with Gasteiger partial charge in [0.2, 0.25) is 5.91 Å². The number of benzene rings is 2. The molecule has 29 heavy (non-hydrogen) atoms. The summed E-state index contributed by atoms with van der Waals surface area (Å²) in [4.78, 5) is 27.2. The van der Waals surface area contributed by atoms with Gasteiger partial charge in [0.15, 0.2) is 0 Å². The Morgan fingerprint density at radius 1 is 1.00 bits per heavy atom. The second-order valence-electron chi connectivity index (χ2n) is 6.65. The standard InChI is InChI=1S/C23H22FN3O2/c1-16(28)27-22-13-12-19(15-26-22)23(29)25-14-4-5-17-8-10-18(11-9-17)20-6-2-3-7-21(20)24/h2-3,6-13,15H,4-5,14H2,1H3,(H,25,29)(H,26,27,28). The van der Waals surface area contributed by atoms with Gasteiger partial charge in [0, 0.05) is 25.2 Å². The van der Waals surface area contributed by atoms with Crippen LogP contribution in [0, 0.1) is 5.82 Å². The molecule has 0 saturated carbocycles. The van der Waals surface area contributed by atoms with E-state index in [0.717, 1.165) is 24.0 Å². The molecule has 2 amide bonds. The van der Waals surface area contributed by atoms with E-state index in [1.165, 1.54) is 19.2 Å². The maximum absolute atomic E-state index is 13.9. The Kier molecular flexibility index (Phi) is 6.68. The highest BCUT2D eigenvalue weighted by Gasteiger charge is 2.07. The summed E-state index contributed by atoms with van der Waals surface area (Å²) in [5.74, 6) is -0.242. The van der Waals surface area contributed by atoms with E-state index in [1.807, 2.05) is 30.3 Å². The van der Waals surface area contributed by atoms with Gasteiger partial charge < -0.3 is 10.6 Å². The average Bonchev–Trinajstić information content (AvgIpc) is 2.72. The molecule has 148 valence electrons. The first-order valence-electron chi connectivity index (χ1n) is 9.38. The molecule has 1 aromatic heterocycles. The predicted octanol–water partition coefficient (Wildman–Crippen LogP) is 4.21. The van der Waals surface area contributed by atoms with Gasteiger partial charge in [0.05, 0.1) is 5.56 Å². The zero-order valence-corrected chi connectivity index (χ0v) is 16.1. The minimum absolute atomic E-state index is 0.207. The highest BCUT2D eigenvalue weighted by Crippen LogP contribution is 2.23. The first kappa shape index (κ1) is 20.2. The van der Waals surface area contributed by atoms with E-state index >= 15 is 0 Å². The molecule has 0 saturated heterocycles. The van der Waals surface area contributed by atoms with Crippen LogP contribution in [0.4, 0.5) is 10.2 Å². The number of hydrogen-bond acceptors (Lipinski definition) is 3. The van der Waals surface area contributed by atoms with Gasteiger partial charge in [-0.2, -0.15) is 0 Å². The molecular formula is C23H22FN3O2. The first-order chi connectivity index (χ1) is 14.0. The lowest BCUT2D eigenvalue weighted by molar-refractivity contribution is -0.114. The Hall–Kier alpha value is -3.54. The maximum Gasteiger partial charge on any atom is 0.252 e. The van der Waals surface area contributed by atoms with Gasteiger partial charge in [-0.05, 0) is 42.2 Å². The Balaban J connectivity index is 1.46. The third kappa shape index (κ3) is 5.72. The van der Waals surface area contributed by atoms with Crippen LogP contribution in [0.5, 0.6) is 0 Å². The Morgan fingerprint density at radius 3 is 2.41 bits per heavy atom. The maximum atomic E-state index is 13.9. The smallest absolute Gasteiger partial charge is 0.252 e. The molecule has 3 rings (SSSR count). The number of amides is 2. The molecule has 0 aliphatic carbocycles. The molecular weight excluding hydrogens is 369 g/mol. The number of anilines is 1. The normalized spacial score (nSPS) is 10.4. The van der Waals surface area contributed by atoms with Gasteiger partial charge in [0.25, 0.3) is 5.91 Å². The molecule has 0 unspecified atom stereocenters. The van der Waals surface area contributed by atoms with E-state index in [9.17, 15) is 14.0 Å². The van der Waals surface area contributed by atoms with Crippen molar-refractivity contribution in [1.29, 1.82) is 0 Å². The van der Waals surface area contributed by atoms with Gasteiger partial charge in [-0.15, -0.1) is 0 Å². The molecule has 0 spiro atoms. The van der Waals surface area contributed by atoms with Gasteiger partial charge in [0.1, 0.15) is 11.6 Å². The summed E-state index contributed by atoms with van der Waals surface area (Å²) in [7, 11) is 0. The van der Waals surface area contributed by atoms with Crippen LogP contribution in [0.25, 0.3) is 11.1 Å². The fraction of sp³-hybridized carbons (Fsp3) is 0.174. The number of carbonyl (C=O) groups is 2. The van der Waals surface area contributed by atoms with Crippen molar-refractivity contribution in [3.8, 4) is 11.1 Å². The van der Waals surface area contributed by atoms with Crippen molar-refractivity contribution in [3.63, 3.8) is 0 Å². The van der Waals surface area contributed by atoms with E-state index in [4.69, 9.17) is 0 Å². The van der Waals surface area contributed by atoms with E-state index in [0.29, 0.717) is 23.5 Å². The predicted molar refractivity (Wildman–Crippen MR) is 111 cm³/mol. The molecule has 0 aliphatic heterocycles. The summed E-state index contributed by atoms with van der Waals surface area (Å²) in [5, 5.41) is 5.41. The van der Waals surface area contributed by atoms with E-state index in [2.05, 4.69) is 15.6 Å². The third-order valence-corrected chi connectivity index (χ3v) is 4.40. The largest absolute Gasteiger partial charge is 0.352 e. The number of pyridine rings is 1. The van der Waals surface area contributed by atoms with Crippen molar-refractivity contribution in [3.05, 3.63) is 83.8 Å². The van der Waals surface area contributed by atoms with Crippen LogP contribution in [-0.4, -0.2) is 23.3 Å². The molecule has 2 N–H and O–H groups in total. The number of nitrogens with one attached hydrogen (secondary N) is 2. The highest BCUT2D eigenvalue weighted by molar-refractivity contribution is 5.94. The van der Waals surface area contributed by atoms with Crippen molar-refractivity contribution in [1.82, 2.24) is 10.3 Å². The number of nitrogens with zero attached hydrogens (tertiary/aromatic N) is 1. The quantitative estimate of drug-likeness (QED) is 0.593. The molecule has 3 aromatic rings. The molecule has 0 bridgehead atoms. The summed E-state index contributed by atoms with van der Waals surface area (Å²) < 4.78 is 13.9. The lowest BCUT2D eigenvalue weighted by Crippen LogP contribution is -2.25. The summed E-state index contributed by atoms with van der Waals surface area (Å²) in [6, 6.07) is 17.7. The zero-order chi connectivity index (χ0) is 20.6. The van der Waals surface area contributed by atoms with Crippen LogP contribution in [0.2, 0.25) is 0 Å². The fourth-order valence-electron chi connectivity index (χ4n) is 2.93. The van der Waals surface area contributed by atoms with Crippen LogP contribution in [0.15, 0.2) is 66.9 Å². The summed E-state index contributed by atoms with van der Waals surface area (Å²) in [6.07, 6.45) is 3.02. The molecule has 6 heteroatoms. The van der Waals surface area contributed by atoms with Crippen molar-refractivity contribution < 1.29 is 14.0 Å². The number of aryl methyl sites for hydroxylation is 1. The highest BCUT2D eigenvalue weighted by atomic mass is 19.1. The lowest BCUT2D eigenvalue weighted by Gasteiger charge is -2.07. The number of halogens is 1. The zero-order valence-electron chi connectivity index (χ0n) is 16.1. The SMILES string of the molecule is CC(=O)Nc1ccc(C(=O)NCCCc2ccc(-c3ccccc3F)cc2)cn1. The second-order valence-corrected chi connectivity index (χ2v) is 6.65. The van der Waals surface area contributed by atoms with Crippen LogP contribution < -0.4 is 10.6 Å². The molecule has 0 aliphatic rings. The van der Waals surface area contributed by atoms with Crippen molar-refractivity contribution in [2.24, 2.45) is 0 Å². The molecule has 5 nitrogen and oxygen atoms in total. The lowest BCUT2D eigenvalue weighted by atomic mass is 10.0. The fourth-order valence-corrected chi connectivity index (χ4v) is 2.93. The second kappa shape index (κ2) is 9.59. The minimum Gasteiger partial charge on any atom is -0.352 e. The van der Waals surface area contributed by atoms with Crippen LogP contribution in [0.1, 0.15) is 29.3 Å². The third-order valence-electron chi connectivity index (χ3n) is 4.40. The van der Waals surface area contributed by atoms with E-state index in [-0.39, 0.29) is 17.6 Å². The Bertz CT molecular complexity index is 986. The van der Waals surface area contributed by atoms with Crippen LogP contribution in [-0.2, 0) is 11.2 Å². The average molecular weight is 391 g/mol. The van der Waals surface area contributed by atoms with Crippen molar-refractivity contribution >= 4 is 17.6 Å². The van der Waals surface area contributed by atoms with E-state index < -0.39 is 0 Å². The molecule has 0 fully saturated rings. The summed E-state index contributed by atoms with van der Waals surface area (Å²) in [5.41, 5.74) is 2.99. The van der Waals surface area contributed by atoms with Crippen LogP contribution >= 0.6 is 0 Å². The van der Waals surface area contributed by atoms with Gasteiger partial charge in [-0.1, -0.05) is 42.5 Å². The van der Waals surface area contributed by atoms with Gasteiger partial charge in [-0.3, -0.25) is 9.59 Å². The molecule has 0 radical (unpaired) electrons. The van der Waals surface area contributed by atoms with Crippen molar-refractivity contribution in [2.45, 2.75) is 19.8 Å². The van der Waals surface area contributed by atoms with Gasteiger partial charge >= 0.3 is 0 Å². The minimum atomic E-state index is -0.234. The Morgan fingerprint density at radius 2 is 1.76 bits per heavy atom. The summed E-state index contributed by atoms with van der Waals surface area (Å²) in [6.45, 7) is 1.93. The Labute approximate surface area is 169 Å².